The van der Waals surface area contributed by atoms with Crippen LogP contribution >= 0.6 is 0 Å². The predicted molar refractivity (Wildman–Crippen MR) is 79.1 cm³/mol. The van der Waals surface area contributed by atoms with Crippen LogP contribution in [0.3, 0.4) is 0 Å². The van der Waals surface area contributed by atoms with E-state index in [0.29, 0.717) is 32.8 Å². The first-order valence-electron chi connectivity index (χ1n) is 7.37. The van der Waals surface area contributed by atoms with Crippen molar-refractivity contribution in [2.45, 2.75) is 19.3 Å². The van der Waals surface area contributed by atoms with E-state index < -0.39 is 0 Å². The van der Waals surface area contributed by atoms with Crippen LogP contribution in [0.5, 0.6) is 5.75 Å². The SMILES string of the molecule is O=C(CCOc1ccccc1)NCC1(CO)CCOCC1. The van der Waals surface area contributed by atoms with Gasteiger partial charge in [0, 0.05) is 25.2 Å². The van der Waals surface area contributed by atoms with Gasteiger partial charge in [-0.15, -0.1) is 0 Å². The van der Waals surface area contributed by atoms with E-state index in [-0.39, 0.29) is 17.9 Å². The maximum absolute atomic E-state index is 11.8. The molecule has 2 N–H and O–H groups in total. The Morgan fingerprint density at radius 2 is 2.00 bits per heavy atom. The fraction of sp³-hybridized carbons (Fsp3) is 0.562. The van der Waals surface area contributed by atoms with Gasteiger partial charge in [-0.1, -0.05) is 18.2 Å². The van der Waals surface area contributed by atoms with Gasteiger partial charge in [-0.3, -0.25) is 4.79 Å². The first-order valence-corrected chi connectivity index (χ1v) is 7.37. The molecule has 1 aromatic rings. The molecule has 0 radical (unpaired) electrons. The lowest BCUT2D eigenvalue weighted by atomic mass is 9.81. The molecule has 1 heterocycles. The van der Waals surface area contributed by atoms with Crippen molar-refractivity contribution in [1.29, 1.82) is 0 Å². The third kappa shape index (κ3) is 5.02. The minimum atomic E-state index is -0.228. The highest BCUT2D eigenvalue weighted by molar-refractivity contribution is 5.76. The Morgan fingerprint density at radius 3 is 2.67 bits per heavy atom. The number of carbonyl (C=O) groups is 1. The minimum absolute atomic E-state index is 0.0507. The van der Waals surface area contributed by atoms with Crippen molar-refractivity contribution in [3.8, 4) is 5.75 Å². The zero-order valence-electron chi connectivity index (χ0n) is 12.2. The smallest absolute Gasteiger partial charge is 0.223 e. The quantitative estimate of drug-likeness (QED) is 0.796. The molecule has 0 spiro atoms. The Kier molecular flexibility index (Phi) is 6.02. The fourth-order valence-corrected chi connectivity index (χ4v) is 2.35. The van der Waals surface area contributed by atoms with Gasteiger partial charge in [-0.2, -0.15) is 0 Å². The largest absolute Gasteiger partial charge is 0.493 e. The molecule has 0 aliphatic carbocycles. The first kappa shape index (κ1) is 15.8. The number of hydrogen-bond donors (Lipinski definition) is 2. The molecule has 0 saturated carbocycles. The van der Waals surface area contributed by atoms with Crippen molar-refractivity contribution >= 4 is 5.91 Å². The second-order valence-corrected chi connectivity index (χ2v) is 5.46. The lowest BCUT2D eigenvalue weighted by Crippen LogP contribution is -2.43. The van der Waals surface area contributed by atoms with E-state index in [4.69, 9.17) is 9.47 Å². The highest BCUT2D eigenvalue weighted by Gasteiger charge is 2.32. The Labute approximate surface area is 125 Å². The van der Waals surface area contributed by atoms with E-state index >= 15 is 0 Å². The minimum Gasteiger partial charge on any atom is -0.493 e. The maximum atomic E-state index is 11.8. The van der Waals surface area contributed by atoms with Crippen LogP contribution in [0.2, 0.25) is 0 Å². The van der Waals surface area contributed by atoms with Crippen molar-refractivity contribution in [3.63, 3.8) is 0 Å². The zero-order chi connectivity index (χ0) is 15.0. The first-order chi connectivity index (χ1) is 10.2. The van der Waals surface area contributed by atoms with Crippen molar-refractivity contribution in [1.82, 2.24) is 5.32 Å². The normalized spacial score (nSPS) is 17.2. The van der Waals surface area contributed by atoms with Crippen LogP contribution in [0.4, 0.5) is 0 Å². The average Bonchev–Trinajstić information content (AvgIpc) is 2.55. The summed E-state index contributed by atoms with van der Waals surface area (Å²) in [6, 6.07) is 9.43. The van der Waals surface area contributed by atoms with E-state index in [0.717, 1.165) is 18.6 Å². The Hall–Kier alpha value is -1.59. The third-order valence-corrected chi connectivity index (χ3v) is 3.89. The number of rotatable bonds is 7. The molecule has 21 heavy (non-hydrogen) atoms. The van der Waals surface area contributed by atoms with Gasteiger partial charge in [0.15, 0.2) is 0 Å². The van der Waals surface area contributed by atoms with E-state index in [1.54, 1.807) is 0 Å². The summed E-state index contributed by atoms with van der Waals surface area (Å²) in [7, 11) is 0. The van der Waals surface area contributed by atoms with E-state index in [2.05, 4.69) is 5.32 Å². The Balaban J connectivity index is 1.67. The number of carbonyl (C=O) groups excluding carboxylic acids is 1. The Bertz CT molecular complexity index is 429. The summed E-state index contributed by atoms with van der Waals surface area (Å²) in [4.78, 5) is 11.8. The maximum Gasteiger partial charge on any atom is 0.223 e. The number of hydrogen-bond acceptors (Lipinski definition) is 4. The molecule has 1 aliphatic heterocycles. The van der Waals surface area contributed by atoms with Crippen molar-refractivity contribution < 1.29 is 19.4 Å². The number of benzene rings is 1. The van der Waals surface area contributed by atoms with Gasteiger partial charge in [0.2, 0.25) is 5.91 Å². The summed E-state index contributed by atoms with van der Waals surface area (Å²) >= 11 is 0. The number of amides is 1. The fourth-order valence-electron chi connectivity index (χ4n) is 2.35. The molecule has 1 aliphatic rings. The molecule has 1 amide bonds. The van der Waals surface area contributed by atoms with Crippen molar-refractivity contribution in [3.05, 3.63) is 30.3 Å². The third-order valence-electron chi connectivity index (χ3n) is 3.89. The number of ether oxygens (including phenoxy) is 2. The molecule has 0 atom stereocenters. The molecule has 1 aromatic carbocycles. The summed E-state index contributed by atoms with van der Waals surface area (Å²) in [6.07, 6.45) is 1.88. The van der Waals surface area contributed by atoms with Crippen molar-refractivity contribution in [2.24, 2.45) is 5.41 Å². The van der Waals surface area contributed by atoms with Crippen LogP contribution in [-0.2, 0) is 9.53 Å². The topological polar surface area (TPSA) is 67.8 Å². The van der Waals surface area contributed by atoms with Crippen LogP contribution < -0.4 is 10.1 Å². The number of aliphatic hydroxyl groups excluding tert-OH is 1. The van der Waals surface area contributed by atoms with Gasteiger partial charge < -0.3 is 19.9 Å². The molecule has 0 bridgehead atoms. The van der Waals surface area contributed by atoms with Crippen molar-refractivity contribution in [2.75, 3.05) is 33.0 Å². The number of para-hydroxylation sites is 1. The summed E-state index contributed by atoms with van der Waals surface area (Å²) < 4.78 is 10.8. The average molecular weight is 293 g/mol. The molecule has 1 saturated heterocycles. The molecular formula is C16H23NO4. The lowest BCUT2D eigenvalue weighted by Gasteiger charge is -2.35. The molecule has 2 rings (SSSR count). The predicted octanol–water partition coefficient (Wildman–Crippen LogP) is 1.36. The van der Waals surface area contributed by atoms with E-state index in [1.807, 2.05) is 30.3 Å². The van der Waals surface area contributed by atoms with Crippen LogP contribution in [0.1, 0.15) is 19.3 Å². The van der Waals surface area contributed by atoms with Gasteiger partial charge in [0.1, 0.15) is 5.75 Å². The van der Waals surface area contributed by atoms with Gasteiger partial charge in [0.05, 0.1) is 19.6 Å². The van der Waals surface area contributed by atoms with Gasteiger partial charge in [-0.25, -0.2) is 0 Å². The zero-order valence-corrected chi connectivity index (χ0v) is 12.2. The highest BCUT2D eigenvalue weighted by atomic mass is 16.5. The summed E-state index contributed by atoms with van der Waals surface area (Å²) in [5.74, 6) is 0.715. The molecule has 5 heteroatoms. The molecule has 0 aromatic heterocycles. The van der Waals surface area contributed by atoms with Crippen LogP contribution in [-0.4, -0.2) is 44.0 Å². The highest BCUT2D eigenvalue weighted by Crippen LogP contribution is 2.28. The number of aliphatic hydroxyl groups is 1. The second-order valence-electron chi connectivity index (χ2n) is 5.46. The molecular weight excluding hydrogens is 270 g/mol. The molecule has 116 valence electrons. The molecule has 5 nitrogen and oxygen atoms in total. The van der Waals surface area contributed by atoms with Gasteiger partial charge in [0.25, 0.3) is 0 Å². The summed E-state index contributed by atoms with van der Waals surface area (Å²) in [5, 5.41) is 12.4. The summed E-state index contributed by atoms with van der Waals surface area (Å²) in [5.41, 5.74) is -0.228. The van der Waals surface area contributed by atoms with E-state index in [1.165, 1.54) is 0 Å². The van der Waals surface area contributed by atoms with Crippen LogP contribution in [0.15, 0.2) is 30.3 Å². The van der Waals surface area contributed by atoms with Gasteiger partial charge >= 0.3 is 0 Å². The van der Waals surface area contributed by atoms with E-state index in [9.17, 15) is 9.90 Å². The standard InChI is InChI=1S/C16H23NO4/c18-13-16(7-10-20-11-8-16)12-17-15(19)6-9-21-14-4-2-1-3-5-14/h1-5,18H,6-13H2,(H,17,19). The molecule has 1 fully saturated rings. The van der Waals surface area contributed by atoms with Gasteiger partial charge in [-0.05, 0) is 25.0 Å². The lowest BCUT2D eigenvalue weighted by molar-refractivity contribution is -0.122. The van der Waals surface area contributed by atoms with Crippen LogP contribution in [0, 0.1) is 5.41 Å². The monoisotopic (exact) mass is 293 g/mol. The molecule has 0 unspecified atom stereocenters. The Morgan fingerprint density at radius 1 is 1.29 bits per heavy atom. The number of nitrogens with one attached hydrogen (secondary N) is 1. The summed E-state index contributed by atoms with van der Waals surface area (Å²) in [6.45, 7) is 2.22. The second kappa shape index (κ2) is 8.00. The van der Waals surface area contributed by atoms with Crippen LogP contribution in [0.25, 0.3) is 0 Å².